The van der Waals surface area contributed by atoms with Crippen molar-refractivity contribution >= 4 is 17.7 Å². The number of aliphatic carboxylic acids is 1. The van der Waals surface area contributed by atoms with E-state index in [9.17, 15) is 9.90 Å². The lowest BCUT2D eigenvalue weighted by Gasteiger charge is -2.26. The number of benzene rings is 1. The lowest BCUT2D eigenvalue weighted by Crippen LogP contribution is -2.47. The number of thioether (sulfide) groups is 1. The third-order valence-electron chi connectivity index (χ3n) is 2.85. The highest BCUT2D eigenvalue weighted by Crippen LogP contribution is 2.24. The van der Waals surface area contributed by atoms with E-state index in [4.69, 9.17) is 5.53 Å². The zero-order chi connectivity index (χ0) is 14.3. The molecule has 102 valence electrons. The molecule has 0 bridgehead atoms. The van der Waals surface area contributed by atoms with Gasteiger partial charge in [0.05, 0.1) is 0 Å². The summed E-state index contributed by atoms with van der Waals surface area (Å²) in [6.45, 7) is 2.11. The normalized spacial score (nSPS) is 13.4. The van der Waals surface area contributed by atoms with Gasteiger partial charge in [-0.05, 0) is 36.4 Å². The zero-order valence-electron chi connectivity index (χ0n) is 10.8. The highest BCUT2D eigenvalue weighted by molar-refractivity contribution is 7.98. The topological polar surface area (TPSA) is 98.1 Å². The molecule has 19 heavy (non-hydrogen) atoms. The smallest absolute Gasteiger partial charge is 0.328 e. The van der Waals surface area contributed by atoms with Gasteiger partial charge in [-0.1, -0.05) is 17.2 Å². The molecule has 0 saturated heterocycles. The van der Waals surface area contributed by atoms with Crippen molar-refractivity contribution in [1.82, 2.24) is 5.32 Å². The summed E-state index contributed by atoms with van der Waals surface area (Å²) in [7, 11) is 0. The summed E-state index contributed by atoms with van der Waals surface area (Å²) in [6.07, 6.45) is 1.96. The molecule has 0 aliphatic rings. The predicted molar refractivity (Wildman–Crippen MR) is 75.2 cm³/mol. The summed E-state index contributed by atoms with van der Waals surface area (Å²) in [5.74, 6) is -0.967. The minimum Gasteiger partial charge on any atom is -0.480 e. The molecule has 0 radical (unpaired) electrons. The molecule has 7 heteroatoms. The molecule has 6 nitrogen and oxygen atoms in total. The summed E-state index contributed by atoms with van der Waals surface area (Å²) < 4.78 is 0. The van der Waals surface area contributed by atoms with Crippen LogP contribution in [0.3, 0.4) is 0 Å². The van der Waals surface area contributed by atoms with Crippen molar-refractivity contribution in [3.63, 3.8) is 0 Å². The maximum Gasteiger partial charge on any atom is 0.328 e. The summed E-state index contributed by atoms with van der Waals surface area (Å²) in [5, 5.41) is 15.7. The molecule has 1 aromatic carbocycles. The Morgan fingerprint density at radius 1 is 1.53 bits per heavy atom. The van der Waals surface area contributed by atoms with E-state index in [1.54, 1.807) is 30.8 Å². The van der Waals surface area contributed by atoms with E-state index in [0.29, 0.717) is 12.1 Å². The summed E-state index contributed by atoms with van der Waals surface area (Å²) in [6, 6.07) is 7.35. The van der Waals surface area contributed by atoms with Crippen LogP contribution in [-0.2, 0) is 10.3 Å². The Bertz CT molecular complexity index is 485. The summed E-state index contributed by atoms with van der Waals surface area (Å²) >= 11 is 1.60. The average molecular weight is 280 g/mol. The van der Waals surface area contributed by atoms with E-state index in [2.05, 4.69) is 15.3 Å². The molecule has 0 aliphatic carbocycles. The monoisotopic (exact) mass is 280 g/mol. The van der Waals surface area contributed by atoms with Gasteiger partial charge in [-0.25, -0.2) is 4.79 Å². The Morgan fingerprint density at radius 2 is 2.16 bits per heavy atom. The van der Waals surface area contributed by atoms with Gasteiger partial charge in [0.2, 0.25) is 0 Å². The van der Waals surface area contributed by atoms with Gasteiger partial charge in [0.1, 0.15) is 5.54 Å². The van der Waals surface area contributed by atoms with Crippen molar-refractivity contribution in [2.45, 2.75) is 17.4 Å². The second-order valence-electron chi connectivity index (χ2n) is 4.04. The number of hydrogen-bond donors (Lipinski definition) is 2. The predicted octanol–water partition coefficient (Wildman–Crippen LogP) is 2.61. The van der Waals surface area contributed by atoms with E-state index in [1.165, 1.54) is 0 Å². The van der Waals surface area contributed by atoms with Crippen LogP contribution in [0.1, 0.15) is 12.5 Å². The lowest BCUT2D eigenvalue weighted by molar-refractivity contribution is -0.144. The third kappa shape index (κ3) is 3.89. The second kappa shape index (κ2) is 7.04. The molecular weight excluding hydrogens is 264 g/mol. The number of nitrogens with one attached hydrogen (secondary N) is 1. The van der Waals surface area contributed by atoms with Gasteiger partial charge >= 0.3 is 5.97 Å². The largest absolute Gasteiger partial charge is 0.480 e. The number of nitrogens with zero attached hydrogens (tertiary/aromatic N) is 3. The molecule has 1 atom stereocenters. The molecule has 0 aromatic heterocycles. The molecule has 0 heterocycles. The van der Waals surface area contributed by atoms with Crippen LogP contribution >= 0.6 is 11.8 Å². The molecule has 0 amide bonds. The highest BCUT2D eigenvalue weighted by atomic mass is 32.2. The second-order valence-corrected chi connectivity index (χ2v) is 4.92. The van der Waals surface area contributed by atoms with Crippen LogP contribution < -0.4 is 5.32 Å². The van der Waals surface area contributed by atoms with Crippen LogP contribution in [0.25, 0.3) is 10.4 Å². The fourth-order valence-electron chi connectivity index (χ4n) is 1.63. The van der Waals surface area contributed by atoms with E-state index < -0.39 is 11.5 Å². The molecule has 1 aromatic rings. The Kier molecular flexibility index (Phi) is 5.69. The van der Waals surface area contributed by atoms with Crippen molar-refractivity contribution in [1.29, 1.82) is 0 Å². The van der Waals surface area contributed by atoms with Crippen LogP contribution in [0, 0.1) is 0 Å². The van der Waals surface area contributed by atoms with Gasteiger partial charge < -0.3 is 5.11 Å². The first-order chi connectivity index (χ1) is 9.04. The fourth-order valence-corrected chi connectivity index (χ4v) is 2.03. The Balaban J connectivity index is 2.90. The van der Waals surface area contributed by atoms with Crippen molar-refractivity contribution < 1.29 is 9.90 Å². The van der Waals surface area contributed by atoms with Crippen molar-refractivity contribution in [3.05, 3.63) is 40.3 Å². The molecule has 0 saturated carbocycles. The summed E-state index contributed by atoms with van der Waals surface area (Å²) in [4.78, 5) is 15.2. The zero-order valence-corrected chi connectivity index (χ0v) is 11.6. The standard InChI is InChI=1S/C12H16N4O2S/c1-12(11(17)18,14-7-8-15-16-13)9-3-5-10(19-2)6-4-9/h3-6,14H,7-8H2,1-2H3,(H,17,18). The molecule has 1 unspecified atom stereocenters. The number of rotatable bonds is 7. The quantitative estimate of drug-likeness (QED) is 0.264. The number of carboxylic acid groups (broad SMARTS) is 1. The fraction of sp³-hybridized carbons (Fsp3) is 0.417. The van der Waals surface area contributed by atoms with E-state index in [0.717, 1.165) is 4.90 Å². The molecule has 2 N–H and O–H groups in total. The summed E-state index contributed by atoms with van der Waals surface area (Å²) in [5.41, 5.74) is 7.66. The van der Waals surface area contributed by atoms with Gasteiger partial charge in [-0.15, -0.1) is 11.8 Å². The average Bonchev–Trinajstić information content (AvgIpc) is 2.43. The van der Waals surface area contributed by atoms with Crippen LogP contribution in [0.2, 0.25) is 0 Å². The number of azide groups is 1. The van der Waals surface area contributed by atoms with Crippen molar-refractivity contribution in [2.24, 2.45) is 5.11 Å². The van der Waals surface area contributed by atoms with E-state index >= 15 is 0 Å². The van der Waals surface area contributed by atoms with E-state index in [-0.39, 0.29) is 6.54 Å². The molecule has 0 spiro atoms. The first-order valence-corrected chi connectivity index (χ1v) is 6.91. The third-order valence-corrected chi connectivity index (χ3v) is 3.59. The van der Waals surface area contributed by atoms with Crippen molar-refractivity contribution in [2.75, 3.05) is 19.3 Å². The van der Waals surface area contributed by atoms with Crippen LogP contribution in [0.4, 0.5) is 0 Å². The molecular formula is C12H16N4O2S. The molecule has 0 fully saturated rings. The minimum atomic E-state index is -1.19. The van der Waals surface area contributed by atoms with Crippen LogP contribution in [0.15, 0.2) is 34.3 Å². The number of carboxylic acids is 1. The number of hydrogen-bond acceptors (Lipinski definition) is 4. The Hall–Kier alpha value is -1.69. The first-order valence-electron chi connectivity index (χ1n) is 5.68. The first kappa shape index (κ1) is 15.4. The van der Waals surface area contributed by atoms with Gasteiger partial charge in [0, 0.05) is 22.9 Å². The van der Waals surface area contributed by atoms with Crippen LogP contribution in [0.5, 0.6) is 0 Å². The number of carbonyl (C=O) groups is 1. The van der Waals surface area contributed by atoms with Gasteiger partial charge in [-0.3, -0.25) is 5.32 Å². The van der Waals surface area contributed by atoms with E-state index in [1.807, 2.05) is 18.4 Å². The Morgan fingerprint density at radius 3 is 2.63 bits per heavy atom. The highest BCUT2D eigenvalue weighted by Gasteiger charge is 2.34. The molecule has 1 rings (SSSR count). The molecule has 0 aliphatic heterocycles. The Labute approximate surface area is 115 Å². The van der Waals surface area contributed by atoms with Crippen molar-refractivity contribution in [3.8, 4) is 0 Å². The maximum atomic E-state index is 11.5. The van der Waals surface area contributed by atoms with Crippen LogP contribution in [-0.4, -0.2) is 30.4 Å². The maximum absolute atomic E-state index is 11.5. The lowest BCUT2D eigenvalue weighted by atomic mass is 9.92. The minimum absolute atomic E-state index is 0.211. The van der Waals surface area contributed by atoms with Gasteiger partial charge in [0.15, 0.2) is 0 Å². The van der Waals surface area contributed by atoms with Gasteiger partial charge in [-0.2, -0.15) is 0 Å². The van der Waals surface area contributed by atoms with Gasteiger partial charge in [0.25, 0.3) is 0 Å². The SMILES string of the molecule is CSc1ccc(C(C)(NCCN=[N+]=[N-])C(=O)O)cc1.